The van der Waals surface area contributed by atoms with E-state index >= 15 is 0 Å². The number of Topliss-reactive ketones (excluding diaryl/α,β-unsaturated/α-hetero) is 1. The maximum absolute atomic E-state index is 12.7. The SMILES string of the molecule is Cc1cc(C)c(C(=O)C2(P)CCCC2)c(C)c1. The molecule has 1 aliphatic carbocycles. The average Bonchev–Trinajstić information content (AvgIpc) is 2.64. The Hall–Kier alpha value is -0.680. The molecule has 17 heavy (non-hydrogen) atoms. The molecule has 2 heteroatoms. The van der Waals surface area contributed by atoms with E-state index in [1.807, 2.05) is 0 Å². The molecule has 1 nitrogen and oxygen atoms in total. The van der Waals surface area contributed by atoms with Crippen LogP contribution in [0.1, 0.15) is 52.7 Å². The van der Waals surface area contributed by atoms with Crippen LogP contribution >= 0.6 is 9.24 Å². The first kappa shape index (κ1) is 12.8. The van der Waals surface area contributed by atoms with E-state index in [4.69, 9.17) is 0 Å². The summed E-state index contributed by atoms with van der Waals surface area (Å²) in [5.41, 5.74) is 4.44. The summed E-state index contributed by atoms with van der Waals surface area (Å²) >= 11 is 0. The lowest BCUT2D eigenvalue weighted by Crippen LogP contribution is -2.29. The summed E-state index contributed by atoms with van der Waals surface area (Å²) in [6.45, 7) is 6.19. The molecule has 1 aliphatic rings. The van der Waals surface area contributed by atoms with Crippen LogP contribution in [0.3, 0.4) is 0 Å². The Morgan fingerprint density at radius 3 is 2.06 bits per heavy atom. The highest BCUT2D eigenvalue weighted by Gasteiger charge is 2.38. The van der Waals surface area contributed by atoms with E-state index in [1.165, 1.54) is 18.4 Å². The minimum absolute atomic E-state index is 0.190. The van der Waals surface area contributed by atoms with E-state index in [-0.39, 0.29) is 5.16 Å². The molecule has 0 heterocycles. The van der Waals surface area contributed by atoms with Crippen molar-refractivity contribution in [3.8, 4) is 0 Å². The van der Waals surface area contributed by atoms with Gasteiger partial charge in [-0.15, -0.1) is 9.24 Å². The second kappa shape index (κ2) is 4.53. The molecule has 0 saturated heterocycles. The van der Waals surface area contributed by atoms with Gasteiger partial charge < -0.3 is 0 Å². The van der Waals surface area contributed by atoms with Crippen LogP contribution in [-0.2, 0) is 0 Å². The first-order chi connectivity index (χ1) is 7.94. The number of ketones is 1. The van der Waals surface area contributed by atoms with Crippen LogP contribution in [0.5, 0.6) is 0 Å². The predicted octanol–water partition coefficient (Wildman–Crippen LogP) is 3.98. The minimum Gasteiger partial charge on any atom is -0.293 e. The first-order valence-corrected chi connectivity index (χ1v) is 6.93. The van der Waals surface area contributed by atoms with Gasteiger partial charge in [0.05, 0.1) is 0 Å². The van der Waals surface area contributed by atoms with Gasteiger partial charge in [-0.3, -0.25) is 4.79 Å². The van der Waals surface area contributed by atoms with E-state index in [1.54, 1.807) is 0 Å². The quantitative estimate of drug-likeness (QED) is 0.571. The van der Waals surface area contributed by atoms with Gasteiger partial charge in [0.2, 0.25) is 0 Å². The lowest BCUT2D eigenvalue weighted by Gasteiger charge is -2.24. The van der Waals surface area contributed by atoms with Crippen LogP contribution in [0.15, 0.2) is 12.1 Å². The summed E-state index contributed by atoms with van der Waals surface area (Å²) in [6, 6.07) is 4.23. The fraction of sp³-hybridized carbons (Fsp3) is 0.533. The zero-order valence-electron chi connectivity index (χ0n) is 11.0. The Morgan fingerprint density at radius 1 is 1.12 bits per heavy atom. The Balaban J connectivity index is 2.44. The molecule has 0 spiro atoms. The monoisotopic (exact) mass is 248 g/mol. The maximum atomic E-state index is 12.7. The maximum Gasteiger partial charge on any atom is 0.173 e. The zero-order valence-corrected chi connectivity index (χ0v) is 12.1. The second-order valence-electron chi connectivity index (χ2n) is 5.47. The van der Waals surface area contributed by atoms with Crippen molar-refractivity contribution < 1.29 is 4.79 Å². The Morgan fingerprint density at radius 2 is 1.59 bits per heavy atom. The Bertz CT molecular complexity index is 433. The van der Waals surface area contributed by atoms with Gasteiger partial charge in [-0.1, -0.05) is 30.5 Å². The summed E-state index contributed by atoms with van der Waals surface area (Å²) in [4.78, 5) is 12.7. The standard InChI is InChI=1S/C15H21OP/c1-10-8-11(2)13(12(3)9-10)14(16)15(17)6-4-5-7-15/h8-9H,4-7,17H2,1-3H3. The fourth-order valence-electron chi connectivity index (χ4n) is 3.02. The third-order valence-corrected chi connectivity index (χ3v) is 4.69. The molecule has 0 aliphatic heterocycles. The molecule has 0 radical (unpaired) electrons. The summed E-state index contributed by atoms with van der Waals surface area (Å²) < 4.78 is 0. The smallest absolute Gasteiger partial charge is 0.173 e. The van der Waals surface area contributed by atoms with E-state index in [9.17, 15) is 4.79 Å². The molecular formula is C15H21OP. The lowest BCUT2D eigenvalue weighted by molar-refractivity contribution is 0.0943. The number of hydrogen-bond acceptors (Lipinski definition) is 1. The second-order valence-corrected chi connectivity index (χ2v) is 6.57. The highest BCUT2D eigenvalue weighted by molar-refractivity contribution is 7.21. The van der Waals surface area contributed by atoms with Crippen LogP contribution in [0, 0.1) is 20.8 Å². The van der Waals surface area contributed by atoms with Gasteiger partial charge in [-0.25, -0.2) is 0 Å². The summed E-state index contributed by atoms with van der Waals surface area (Å²) in [6.07, 6.45) is 4.39. The third-order valence-electron chi connectivity index (χ3n) is 3.85. The van der Waals surface area contributed by atoms with Crippen LogP contribution in [0.2, 0.25) is 0 Å². The van der Waals surface area contributed by atoms with Crippen LogP contribution in [0.25, 0.3) is 0 Å². The van der Waals surface area contributed by atoms with Gasteiger partial charge in [0.1, 0.15) is 0 Å². The number of carbonyl (C=O) groups excluding carboxylic acids is 1. The van der Waals surface area contributed by atoms with Gasteiger partial charge in [0, 0.05) is 10.7 Å². The number of rotatable bonds is 2. The molecule has 0 amide bonds. The van der Waals surface area contributed by atoms with Crippen molar-refractivity contribution in [3.05, 3.63) is 34.4 Å². The number of benzene rings is 1. The van der Waals surface area contributed by atoms with E-state index in [2.05, 4.69) is 42.1 Å². The fourth-order valence-corrected chi connectivity index (χ4v) is 3.57. The molecule has 1 aromatic carbocycles. The molecule has 2 rings (SSSR count). The molecule has 1 unspecified atom stereocenters. The molecule has 1 aromatic rings. The molecule has 1 fully saturated rings. The largest absolute Gasteiger partial charge is 0.293 e. The van der Waals surface area contributed by atoms with Crippen molar-refractivity contribution in [2.24, 2.45) is 0 Å². The number of hydrogen-bond donors (Lipinski definition) is 0. The van der Waals surface area contributed by atoms with Crippen LogP contribution in [0.4, 0.5) is 0 Å². The van der Waals surface area contributed by atoms with Crippen LogP contribution < -0.4 is 0 Å². The Labute approximate surface area is 106 Å². The third kappa shape index (κ3) is 2.31. The van der Waals surface area contributed by atoms with E-state index < -0.39 is 0 Å². The van der Waals surface area contributed by atoms with Crippen molar-refractivity contribution >= 4 is 15.0 Å². The van der Waals surface area contributed by atoms with Crippen LogP contribution in [-0.4, -0.2) is 10.9 Å². The van der Waals surface area contributed by atoms with Crippen molar-refractivity contribution in [3.63, 3.8) is 0 Å². The zero-order chi connectivity index (χ0) is 12.6. The molecule has 1 saturated carbocycles. The molecule has 0 N–H and O–H groups in total. The summed E-state index contributed by atoms with van der Waals surface area (Å²) in [5.74, 6) is 0.329. The highest BCUT2D eigenvalue weighted by Crippen LogP contribution is 2.41. The summed E-state index contributed by atoms with van der Waals surface area (Å²) in [5, 5.41) is -0.190. The number of aryl methyl sites for hydroxylation is 3. The highest BCUT2D eigenvalue weighted by atomic mass is 31.0. The van der Waals surface area contributed by atoms with Gasteiger partial charge in [-0.05, 0) is 44.7 Å². The minimum atomic E-state index is -0.190. The topological polar surface area (TPSA) is 17.1 Å². The van der Waals surface area contributed by atoms with Crippen molar-refractivity contribution in [1.29, 1.82) is 0 Å². The Kier molecular flexibility index (Phi) is 3.41. The van der Waals surface area contributed by atoms with Gasteiger partial charge in [0.25, 0.3) is 0 Å². The lowest BCUT2D eigenvalue weighted by atomic mass is 9.88. The van der Waals surface area contributed by atoms with Crippen molar-refractivity contribution in [2.75, 3.05) is 0 Å². The first-order valence-electron chi connectivity index (χ1n) is 6.35. The number of carbonyl (C=O) groups is 1. The molecular weight excluding hydrogens is 227 g/mol. The molecule has 92 valence electrons. The van der Waals surface area contributed by atoms with E-state index in [0.717, 1.165) is 29.5 Å². The average molecular weight is 248 g/mol. The molecule has 0 bridgehead atoms. The molecule has 1 atom stereocenters. The van der Waals surface area contributed by atoms with E-state index in [0.29, 0.717) is 5.78 Å². The predicted molar refractivity (Wildman–Crippen MR) is 75.9 cm³/mol. The van der Waals surface area contributed by atoms with Crippen molar-refractivity contribution in [2.45, 2.75) is 51.6 Å². The van der Waals surface area contributed by atoms with Gasteiger partial charge in [-0.2, -0.15) is 0 Å². The normalized spacial score (nSPS) is 18.4. The summed E-state index contributed by atoms with van der Waals surface area (Å²) in [7, 11) is 2.83. The van der Waals surface area contributed by atoms with Gasteiger partial charge >= 0.3 is 0 Å². The molecule has 0 aromatic heterocycles. The van der Waals surface area contributed by atoms with Crippen molar-refractivity contribution in [1.82, 2.24) is 0 Å². The van der Waals surface area contributed by atoms with Gasteiger partial charge in [0.15, 0.2) is 5.78 Å².